The summed E-state index contributed by atoms with van der Waals surface area (Å²) in [7, 11) is 5.62. The molecule has 0 bridgehead atoms. The molecule has 4 aromatic rings. The molecule has 4 rings (SSSR count). The van der Waals surface area contributed by atoms with Gasteiger partial charge >= 0.3 is 0 Å². The number of rotatable bonds is 8. The quantitative estimate of drug-likeness (QED) is 0.460. The summed E-state index contributed by atoms with van der Waals surface area (Å²) in [5, 5.41) is 4.97. The van der Waals surface area contributed by atoms with Crippen LogP contribution < -0.4 is 14.8 Å². The minimum Gasteiger partial charge on any atom is -0.497 e. The van der Waals surface area contributed by atoms with E-state index in [1.165, 1.54) is 0 Å². The van der Waals surface area contributed by atoms with Crippen molar-refractivity contribution in [2.45, 2.75) is 6.04 Å². The normalized spacial score (nSPS) is 12.3. The SMILES string of the molecule is COc1ccc([C@@H](CNC(=O)COc2ccc3oc4ccccc4c3c2)N(C)C)cc1. The lowest BCUT2D eigenvalue weighted by molar-refractivity contribution is -0.123. The second-order valence-electron chi connectivity index (χ2n) is 7.60. The summed E-state index contributed by atoms with van der Waals surface area (Å²) >= 11 is 0. The minimum absolute atomic E-state index is 0.0449. The van der Waals surface area contributed by atoms with Crippen molar-refractivity contribution in [2.24, 2.45) is 0 Å². The van der Waals surface area contributed by atoms with Gasteiger partial charge in [0.1, 0.15) is 22.7 Å². The van der Waals surface area contributed by atoms with E-state index in [1.54, 1.807) is 7.11 Å². The first kappa shape index (κ1) is 20.8. The van der Waals surface area contributed by atoms with E-state index in [-0.39, 0.29) is 18.6 Å². The van der Waals surface area contributed by atoms with Gasteiger partial charge in [-0.25, -0.2) is 0 Å². The third kappa shape index (κ3) is 4.64. The molecule has 1 amide bonds. The maximum Gasteiger partial charge on any atom is 0.258 e. The first-order valence-corrected chi connectivity index (χ1v) is 10.2. The molecule has 0 aliphatic heterocycles. The van der Waals surface area contributed by atoms with Gasteiger partial charge in [-0.2, -0.15) is 0 Å². The van der Waals surface area contributed by atoms with Crippen molar-refractivity contribution in [1.82, 2.24) is 10.2 Å². The van der Waals surface area contributed by atoms with Crippen molar-refractivity contribution in [3.63, 3.8) is 0 Å². The summed E-state index contributed by atoms with van der Waals surface area (Å²) in [6.07, 6.45) is 0. The predicted molar refractivity (Wildman–Crippen MR) is 122 cm³/mol. The van der Waals surface area contributed by atoms with Crippen molar-refractivity contribution in [1.29, 1.82) is 0 Å². The highest BCUT2D eigenvalue weighted by molar-refractivity contribution is 6.05. The van der Waals surface area contributed by atoms with Crippen LogP contribution in [0.4, 0.5) is 0 Å². The number of fused-ring (bicyclic) bond motifs is 3. The summed E-state index contributed by atoms with van der Waals surface area (Å²) < 4.78 is 16.8. The van der Waals surface area contributed by atoms with E-state index < -0.39 is 0 Å². The van der Waals surface area contributed by atoms with Gasteiger partial charge in [0.2, 0.25) is 0 Å². The van der Waals surface area contributed by atoms with Gasteiger partial charge in [0, 0.05) is 17.3 Å². The predicted octanol–water partition coefficient (Wildman–Crippen LogP) is 4.39. The Morgan fingerprint density at radius 1 is 0.968 bits per heavy atom. The lowest BCUT2D eigenvalue weighted by Gasteiger charge is -2.25. The standard InChI is InChI=1S/C25H26N2O4/c1-27(2)22(17-8-10-18(29-3)11-9-17)15-26-25(28)16-30-19-12-13-24-21(14-19)20-6-4-5-7-23(20)31-24/h4-14,22H,15-16H2,1-3H3,(H,26,28)/t22-/m1/s1. The van der Waals surface area contributed by atoms with Crippen LogP contribution in [0.3, 0.4) is 0 Å². The molecular weight excluding hydrogens is 392 g/mol. The Labute approximate surface area is 181 Å². The molecule has 0 saturated carbocycles. The van der Waals surface area contributed by atoms with E-state index in [0.29, 0.717) is 12.3 Å². The summed E-state index contributed by atoms with van der Waals surface area (Å²) in [6, 6.07) is 21.4. The molecule has 1 N–H and O–H groups in total. The van der Waals surface area contributed by atoms with Crippen molar-refractivity contribution in [3.05, 3.63) is 72.3 Å². The van der Waals surface area contributed by atoms with Crippen molar-refractivity contribution in [3.8, 4) is 11.5 Å². The molecule has 0 radical (unpaired) electrons. The van der Waals surface area contributed by atoms with Crippen LogP contribution in [0.25, 0.3) is 21.9 Å². The van der Waals surface area contributed by atoms with E-state index in [1.807, 2.05) is 80.8 Å². The Balaban J connectivity index is 1.37. The number of hydrogen-bond acceptors (Lipinski definition) is 5. The fraction of sp³-hybridized carbons (Fsp3) is 0.240. The van der Waals surface area contributed by atoms with Crippen LogP contribution in [0, 0.1) is 0 Å². The van der Waals surface area contributed by atoms with Gasteiger partial charge in [0.25, 0.3) is 5.91 Å². The largest absolute Gasteiger partial charge is 0.497 e. The van der Waals surface area contributed by atoms with Crippen LogP contribution >= 0.6 is 0 Å². The number of nitrogens with one attached hydrogen (secondary N) is 1. The van der Waals surface area contributed by atoms with Gasteiger partial charge in [0.15, 0.2) is 6.61 Å². The number of amides is 1. The molecule has 0 spiro atoms. The van der Waals surface area contributed by atoms with E-state index in [0.717, 1.165) is 33.3 Å². The molecule has 0 aliphatic carbocycles. The van der Waals surface area contributed by atoms with Gasteiger partial charge in [-0.1, -0.05) is 30.3 Å². The van der Waals surface area contributed by atoms with Gasteiger partial charge in [-0.3, -0.25) is 4.79 Å². The highest BCUT2D eigenvalue weighted by atomic mass is 16.5. The van der Waals surface area contributed by atoms with Crippen LogP contribution in [0.15, 0.2) is 71.1 Å². The zero-order valence-corrected chi connectivity index (χ0v) is 17.9. The third-order valence-corrected chi connectivity index (χ3v) is 5.33. The Morgan fingerprint density at radius 3 is 2.42 bits per heavy atom. The molecule has 0 unspecified atom stereocenters. The number of furan rings is 1. The number of benzene rings is 3. The number of para-hydroxylation sites is 1. The third-order valence-electron chi connectivity index (χ3n) is 5.33. The topological polar surface area (TPSA) is 63.9 Å². The number of methoxy groups -OCH3 is 1. The first-order chi connectivity index (χ1) is 15.0. The van der Waals surface area contributed by atoms with E-state index in [2.05, 4.69) is 10.2 Å². The molecule has 0 saturated heterocycles. The fourth-order valence-corrected chi connectivity index (χ4v) is 3.63. The van der Waals surface area contributed by atoms with Crippen molar-refractivity contribution < 1.29 is 18.7 Å². The molecule has 6 heteroatoms. The monoisotopic (exact) mass is 418 g/mol. The molecule has 1 aromatic heterocycles. The number of likely N-dealkylation sites (N-methyl/N-ethyl adjacent to an activating group) is 1. The second-order valence-corrected chi connectivity index (χ2v) is 7.60. The van der Waals surface area contributed by atoms with Gasteiger partial charge < -0.3 is 24.1 Å². The molecule has 6 nitrogen and oxygen atoms in total. The molecule has 1 heterocycles. The average Bonchev–Trinajstić information content (AvgIpc) is 3.16. The van der Waals surface area contributed by atoms with Gasteiger partial charge in [0.05, 0.1) is 13.2 Å². The van der Waals surface area contributed by atoms with Crippen LogP contribution in [-0.4, -0.2) is 45.2 Å². The molecule has 0 fully saturated rings. The summed E-state index contributed by atoms with van der Waals surface area (Å²) in [5.41, 5.74) is 2.73. The number of hydrogen-bond donors (Lipinski definition) is 1. The highest BCUT2D eigenvalue weighted by Gasteiger charge is 2.16. The minimum atomic E-state index is -0.169. The summed E-state index contributed by atoms with van der Waals surface area (Å²) in [5.74, 6) is 1.27. The molecular formula is C25H26N2O4. The number of carbonyl (C=O) groups is 1. The van der Waals surface area contributed by atoms with E-state index in [4.69, 9.17) is 13.9 Å². The molecule has 1 atom stereocenters. The second kappa shape index (κ2) is 9.10. The van der Waals surface area contributed by atoms with Crippen LogP contribution in [0.5, 0.6) is 11.5 Å². The van der Waals surface area contributed by atoms with Crippen LogP contribution in [0.2, 0.25) is 0 Å². The maximum absolute atomic E-state index is 12.4. The van der Waals surface area contributed by atoms with Gasteiger partial charge in [-0.15, -0.1) is 0 Å². The summed E-state index contributed by atoms with van der Waals surface area (Å²) in [6.45, 7) is 0.428. The fourth-order valence-electron chi connectivity index (χ4n) is 3.63. The Hall–Kier alpha value is -3.51. The van der Waals surface area contributed by atoms with Crippen molar-refractivity contribution >= 4 is 27.8 Å². The number of nitrogens with zero attached hydrogens (tertiary/aromatic N) is 1. The molecule has 3 aromatic carbocycles. The number of carbonyl (C=O) groups excluding carboxylic acids is 1. The Morgan fingerprint density at radius 2 is 1.68 bits per heavy atom. The van der Waals surface area contributed by atoms with Gasteiger partial charge in [-0.05, 0) is 56.1 Å². The first-order valence-electron chi connectivity index (χ1n) is 10.2. The maximum atomic E-state index is 12.4. The Kier molecular flexibility index (Phi) is 6.09. The molecule has 0 aliphatic rings. The molecule has 31 heavy (non-hydrogen) atoms. The van der Waals surface area contributed by atoms with E-state index in [9.17, 15) is 4.79 Å². The number of ether oxygens (including phenoxy) is 2. The van der Waals surface area contributed by atoms with Crippen molar-refractivity contribution in [2.75, 3.05) is 34.4 Å². The zero-order valence-electron chi connectivity index (χ0n) is 17.9. The summed E-state index contributed by atoms with van der Waals surface area (Å²) in [4.78, 5) is 14.5. The van der Waals surface area contributed by atoms with Crippen LogP contribution in [0.1, 0.15) is 11.6 Å². The smallest absolute Gasteiger partial charge is 0.258 e. The highest BCUT2D eigenvalue weighted by Crippen LogP contribution is 2.31. The lowest BCUT2D eigenvalue weighted by atomic mass is 10.1. The lowest BCUT2D eigenvalue weighted by Crippen LogP contribution is -2.36. The van der Waals surface area contributed by atoms with Crippen LogP contribution in [-0.2, 0) is 4.79 Å². The zero-order chi connectivity index (χ0) is 21.8. The molecule has 160 valence electrons. The Bertz CT molecular complexity index is 1180. The average molecular weight is 418 g/mol. The van der Waals surface area contributed by atoms with E-state index >= 15 is 0 Å².